The molecule has 0 aromatic heterocycles. The lowest BCUT2D eigenvalue weighted by molar-refractivity contribution is 0.188. The number of aliphatic hydroxyl groups excluding tert-OH is 1. The van der Waals surface area contributed by atoms with Crippen molar-refractivity contribution in [2.45, 2.75) is 32.3 Å². The van der Waals surface area contributed by atoms with E-state index in [4.69, 9.17) is 0 Å². The van der Waals surface area contributed by atoms with E-state index in [0.29, 0.717) is 0 Å². The summed E-state index contributed by atoms with van der Waals surface area (Å²) in [7, 11) is 0. The van der Waals surface area contributed by atoms with Gasteiger partial charge in [-0.15, -0.1) is 0 Å². The summed E-state index contributed by atoms with van der Waals surface area (Å²) < 4.78 is 0. The van der Waals surface area contributed by atoms with Gasteiger partial charge >= 0.3 is 0 Å². The lowest BCUT2D eigenvalue weighted by atomic mass is 9.90. The minimum atomic E-state index is -0.428. The summed E-state index contributed by atoms with van der Waals surface area (Å²) in [6, 6.07) is 0. The van der Waals surface area contributed by atoms with Crippen LogP contribution in [-0.4, -0.2) is 17.9 Å². The van der Waals surface area contributed by atoms with Gasteiger partial charge in [-0.05, 0) is 38.5 Å². The molecule has 2 heteroatoms. The molecule has 0 fully saturated rings. The van der Waals surface area contributed by atoms with E-state index in [-0.39, 0.29) is 0 Å². The van der Waals surface area contributed by atoms with Crippen molar-refractivity contribution in [3.05, 3.63) is 23.4 Å². The average Bonchev–Trinajstić information content (AvgIpc) is 2.03. The summed E-state index contributed by atoms with van der Waals surface area (Å²) in [5, 5.41) is 9.56. The summed E-state index contributed by atoms with van der Waals surface area (Å²) in [4.78, 5) is 3.85. The maximum absolute atomic E-state index is 9.56. The number of allylic oxidation sites excluding steroid dienone is 2. The quantitative estimate of drug-likeness (QED) is 0.624. The van der Waals surface area contributed by atoms with Crippen LogP contribution in [0.15, 0.2) is 28.4 Å². The van der Waals surface area contributed by atoms with Crippen molar-refractivity contribution in [3.8, 4) is 0 Å². The second kappa shape index (κ2) is 3.68. The molecule has 0 heterocycles. The monoisotopic (exact) mass is 165 g/mol. The fraction of sp³-hybridized carbons (Fsp3) is 0.500. The first-order valence-electron chi connectivity index (χ1n) is 4.20. The average molecular weight is 165 g/mol. The maximum atomic E-state index is 9.56. The molecule has 1 atom stereocenters. The van der Waals surface area contributed by atoms with Gasteiger partial charge in [0.05, 0.1) is 11.8 Å². The van der Waals surface area contributed by atoms with Crippen molar-refractivity contribution in [3.63, 3.8) is 0 Å². The summed E-state index contributed by atoms with van der Waals surface area (Å²) in [5.41, 5.74) is 2.81. The smallest absolute Gasteiger partial charge is 0.0962 e. The standard InChI is InChI=1S/C10H15NO/c1-7(2)8-5-4-6-9(12)10(8)11-3/h9,12H,1,3-6H2,2H3. The molecule has 66 valence electrons. The van der Waals surface area contributed by atoms with Gasteiger partial charge in [0.2, 0.25) is 0 Å². The Hall–Kier alpha value is -0.890. The fourth-order valence-corrected chi connectivity index (χ4v) is 1.57. The zero-order valence-corrected chi connectivity index (χ0v) is 7.51. The summed E-state index contributed by atoms with van der Waals surface area (Å²) >= 11 is 0. The van der Waals surface area contributed by atoms with Crippen molar-refractivity contribution in [1.29, 1.82) is 0 Å². The van der Waals surface area contributed by atoms with Crippen LogP contribution < -0.4 is 0 Å². The maximum Gasteiger partial charge on any atom is 0.0962 e. The predicted octanol–water partition coefficient (Wildman–Crippen LogP) is 2.06. The molecule has 0 aromatic carbocycles. The third-order valence-corrected chi connectivity index (χ3v) is 2.21. The van der Waals surface area contributed by atoms with E-state index in [2.05, 4.69) is 18.3 Å². The second-order valence-electron chi connectivity index (χ2n) is 3.21. The first-order chi connectivity index (χ1) is 5.66. The van der Waals surface area contributed by atoms with E-state index in [1.54, 1.807) is 0 Å². The zero-order chi connectivity index (χ0) is 9.14. The van der Waals surface area contributed by atoms with E-state index in [1.807, 2.05) is 6.92 Å². The summed E-state index contributed by atoms with van der Waals surface area (Å²) in [6.45, 7) is 9.26. The molecule has 1 aliphatic rings. The highest BCUT2D eigenvalue weighted by Crippen LogP contribution is 2.29. The summed E-state index contributed by atoms with van der Waals surface area (Å²) in [5.74, 6) is 0. The molecular formula is C10H15NO. The number of rotatable bonds is 2. The third kappa shape index (κ3) is 1.64. The third-order valence-electron chi connectivity index (χ3n) is 2.21. The van der Waals surface area contributed by atoms with Gasteiger partial charge in [-0.3, -0.25) is 4.99 Å². The number of hydrogen-bond acceptors (Lipinski definition) is 2. The van der Waals surface area contributed by atoms with E-state index in [9.17, 15) is 5.11 Å². The van der Waals surface area contributed by atoms with Crippen LogP contribution in [0.5, 0.6) is 0 Å². The Balaban J connectivity index is 3.02. The fourth-order valence-electron chi connectivity index (χ4n) is 1.57. The van der Waals surface area contributed by atoms with Crippen LogP contribution in [0.25, 0.3) is 0 Å². The Morgan fingerprint density at radius 1 is 1.67 bits per heavy atom. The first kappa shape index (κ1) is 9.20. The molecule has 0 aliphatic heterocycles. The van der Waals surface area contributed by atoms with Crippen molar-refractivity contribution in [2.75, 3.05) is 0 Å². The van der Waals surface area contributed by atoms with E-state index in [0.717, 1.165) is 36.1 Å². The zero-order valence-electron chi connectivity index (χ0n) is 7.51. The van der Waals surface area contributed by atoms with Gasteiger partial charge in [0.15, 0.2) is 0 Å². The molecule has 12 heavy (non-hydrogen) atoms. The molecule has 0 aromatic rings. The van der Waals surface area contributed by atoms with Crippen LogP contribution in [0.4, 0.5) is 0 Å². The van der Waals surface area contributed by atoms with Gasteiger partial charge < -0.3 is 5.11 Å². The van der Waals surface area contributed by atoms with Crippen LogP contribution in [0.3, 0.4) is 0 Å². The van der Waals surface area contributed by atoms with Crippen LogP contribution in [0.2, 0.25) is 0 Å². The normalized spacial score (nSPS) is 24.0. The highest BCUT2D eigenvalue weighted by molar-refractivity contribution is 5.40. The van der Waals surface area contributed by atoms with E-state index in [1.165, 1.54) is 0 Å². The van der Waals surface area contributed by atoms with Gasteiger partial charge in [0.25, 0.3) is 0 Å². The molecule has 0 spiro atoms. The molecule has 0 saturated heterocycles. The van der Waals surface area contributed by atoms with Crippen molar-refractivity contribution < 1.29 is 5.11 Å². The number of nitrogens with zero attached hydrogens (tertiary/aromatic N) is 1. The van der Waals surface area contributed by atoms with Gasteiger partial charge in [-0.1, -0.05) is 12.2 Å². The molecule has 1 unspecified atom stereocenters. The van der Waals surface area contributed by atoms with Crippen molar-refractivity contribution >= 4 is 6.72 Å². The van der Waals surface area contributed by atoms with Gasteiger partial charge in [0.1, 0.15) is 0 Å². The Kier molecular flexibility index (Phi) is 2.82. The largest absolute Gasteiger partial charge is 0.387 e. The molecule has 0 bridgehead atoms. The van der Waals surface area contributed by atoms with Crippen molar-refractivity contribution in [1.82, 2.24) is 0 Å². The molecular weight excluding hydrogens is 150 g/mol. The van der Waals surface area contributed by atoms with E-state index < -0.39 is 6.10 Å². The lowest BCUT2D eigenvalue weighted by Gasteiger charge is -2.22. The topological polar surface area (TPSA) is 32.6 Å². The summed E-state index contributed by atoms with van der Waals surface area (Å²) in [6.07, 6.45) is 2.36. The van der Waals surface area contributed by atoms with Gasteiger partial charge in [-0.2, -0.15) is 0 Å². The molecule has 2 nitrogen and oxygen atoms in total. The molecule has 0 radical (unpaired) electrons. The van der Waals surface area contributed by atoms with Crippen LogP contribution in [0.1, 0.15) is 26.2 Å². The minimum absolute atomic E-state index is 0.428. The first-order valence-corrected chi connectivity index (χ1v) is 4.20. The Bertz CT molecular complexity index is 240. The number of aliphatic imine (C=N–C) groups is 1. The molecule has 1 aliphatic carbocycles. The van der Waals surface area contributed by atoms with Crippen LogP contribution in [0, 0.1) is 0 Å². The van der Waals surface area contributed by atoms with Crippen LogP contribution in [-0.2, 0) is 0 Å². The predicted molar refractivity (Wildman–Crippen MR) is 51.2 cm³/mol. The Morgan fingerprint density at radius 2 is 2.33 bits per heavy atom. The molecule has 1 rings (SSSR count). The highest BCUT2D eigenvalue weighted by atomic mass is 16.3. The molecule has 0 amide bonds. The van der Waals surface area contributed by atoms with Gasteiger partial charge in [-0.25, -0.2) is 0 Å². The van der Waals surface area contributed by atoms with E-state index >= 15 is 0 Å². The highest BCUT2D eigenvalue weighted by Gasteiger charge is 2.19. The van der Waals surface area contributed by atoms with Crippen LogP contribution >= 0.6 is 0 Å². The Labute approximate surface area is 73.3 Å². The SMILES string of the molecule is C=NC1=C(C(=C)C)CCCC1O. The van der Waals surface area contributed by atoms with Crippen molar-refractivity contribution in [2.24, 2.45) is 4.99 Å². The van der Waals surface area contributed by atoms with Gasteiger partial charge in [0, 0.05) is 0 Å². The number of hydrogen-bond donors (Lipinski definition) is 1. The number of aliphatic hydroxyl groups is 1. The minimum Gasteiger partial charge on any atom is -0.387 e. The lowest BCUT2D eigenvalue weighted by Crippen LogP contribution is -2.16. The second-order valence-corrected chi connectivity index (χ2v) is 3.21. The Morgan fingerprint density at radius 3 is 2.75 bits per heavy atom. The molecule has 1 N–H and O–H groups in total. The molecule has 0 saturated carbocycles.